The molecule has 2 heterocycles. The summed E-state index contributed by atoms with van der Waals surface area (Å²) >= 11 is 0. The first-order chi connectivity index (χ1) is 8.76. The number of piperidine rings is 1. The van der Waals surface area contributed by atoms with E-state index in [4.69, 9.17) is 4.74 Å². The second-order valence-electron chi connectivity index (χ2n) is 6.26. The van der Waals surface area contributed by atoms with Gasteiger partial charge in [0.25, 0.3) is 0 Å². The Bertz CT molecular complexity index is 227. The first-order valence-corrected chi connectivity index (χ1v) is 7.74. The van der Waals surface area contributed by atoms with Crippen molar-refractivity contribution in [2.75, 3.05) is 39.9 Å². The van der Waals surface area contributed by atoms with E-state index in [9.17, 15) is 0 Å². The minimum Gasteiger partial charge on any atom is -0.381 e. The predicted octanol–water partition coefficient (Wildman–Crippen LogP) is 2.27. The molecule has 0 atom stereocenters. The molecular weight excluding hydrogens is 224 g/mol. The highest BCUT2D eigenvalue weighted by atomic mass is 16.5. The Morgan fingerprint density at radius 1 is 1.22 bits per heavy atom. The SMILES string of the molecule is CCCC1(CN(C)C2CCOCC2)CCNCC1. The molecule has 0 radical (unpaired) electrons. The zero-order chi connectivity index (χ0) is 12.8. The number of ether oxygens (including phenoxy) is 1. The summed E-state index contributed by atoms with van der Waals surface area (Å²) in [6, 6.07) is 0.752. The second-order valence-corrected chi connectivity index (χ2v) is 6.26. The van der Waals surface area contributed by atoms with Crippen molar-refractivity contribution in [1.29, 1.82) is 0 Å². The van der Waals surface area contributed by atoms with Crippen molar-refractivity contribution in [3.05, 3.63) is 0 Å². The largest absolute Gasteiger partial charge is 0.381 e. The molecule has 0 spiro atoms. The van der Waals surface area contributed by atoms with Gasteiger partial charge in [0.1, 0.15) is 0 Å². The van der Waals surface area contributed by atoms with Crippen LogP contribution in [-0.2, 0) is 4.74 Å². The molecule has 2 saturated heterocycles. The summed E-state index contributed by atoms with van der Waals surface area (Å²) in [4.78, 5) is 2.63. The van der Waals surface area contributed by atoms with Crippen LogP contribution < -0.4 is 5.32 Å². The van der Waals surface area contributed by atoms with Gasteiger partial charge in [0.15, 0.2) is 0 Å². The highest BCUT2D eigenvalue weighted by molar-refractivity contribution is 4.88. The van der Waals surface area contributed by atoms with Crippen LogP contribution >= 0.6 is 0 Å². The van der Waals surface area contributed by atoms with Crippen LogP contribution in [0.2, 0.25) is 0 Å². The van der Waals surface area contributed by atoms with Gasteiger partial charge in [-0.05, 0) is 57.7 Å². The molecule has 0 aliphatic carbocycles. The Morgan fingerprint density at radius 2 is 1.89 bits per heavy atom. The monoisotopic (exact) mass is 254 g/mol. The predicted molar refractivity (Wildman–Crippen MR) is 75.9 cm³/mol. The van der Waals surface area contributed by atoms with Crippen molar-refractivity contribution in [3.63, 3.8) is 0 Å². The first-order valence-electron chi connectivity index (χ1n) is 7.74. The third-order valence-corrected chi connectivity index (χ3v) is 4.84. The van der Waals surface area contributed by atoms with E-state index in [1.165, 1.54) is 58.2 Å². The summed E-state index contributed by atoms with van der Waals surface area (Å²) in [6.45, 7) is 7.95. The zero-order valence-corrected chi connectivity index (χ0v) is 12.2. The molecule has 0 aromatic rings. The fourth-order valence-electron chi connectivity index (χ4n) is 3.76. The molecule has 106 valence electrons. The Labute approximate surface area is 112 Å². The summed E-state index contributed by atoms with van der Waals surface area (Å²) in [5.41, 5.74) is 0.576. The minimum atomic E-state index is 0.576. The zero-order valence-electron chi connectivity index (χ0n) is 12.2. The van der Waals surface area contributed by atoms with E-state index < -0.39 is 0 Å². The van der Waals surface area contributed by atoms with Gasteiger partial charge in [-0.3, -0.25) is 0 Å². The molecule has 0 unspecified atom stereocenters. The van der Waals surface area contributed by atoms with Crippen LogP contribution in [0.5, 0.6) is 0 Å². The number of hydrogen-bond donors (Lipinski definition) is 1. The average molecular weight is 254 g/mol. The molecule has 3 heteroatoms. The minimum absolute atomic E-state index is 0.576. The lowest BCUT2D eigenvalue weighted by Gasteiger charge is -2.43. The highest BCUT2D eigenvalue weighted by Gasteiger charge is 2.34. The smallest absolute Gasteiger partial charge is 0.0480 e. The lowest BCUT2D eigenvalue weighted by Crippen LogP contribution is -2.47. The van der Waals surface area contributed by atoms with Crippen molar-refractivity contribution >= 4 is 0 Å². The highest BCUT2D eigenvalue weighted by Crippen LogP contribution is 2.35. The standard InChI is InChI=1S/C15H30N2O/c1-3-6-15(7-9-16-10-8-15)13-17(2)14-4-11-18-12-5-14/h14,16H,3-13H2,1-2H3. The van der Waals surface area contributed by atoms with Gasteiger partial charge in [0.05, 0.1) is 0 Å². The molecule has 0 aromatic carbocycles. The van der Waals surface area contributed by atoms with Crippen LogP contribution in [0.4, 0.5) is 0 Å². The Morgan fingerprint density at radius 3 is 2.50 bits per heavy atom. The van der Waals surface area contributed by atoms with E-state index in [-0.39, 0.29) is 0 Å². The molecule has 3 nitrogen and oxygen atoms in total. The van der Waals surface area contributed by atoms with Gasteiger partial charge in [-0.25, -0.2) is 0 Å². The van der Waals surface area contributed by atoms with Crippen LogP contribution in [0, 0.1) is 5.41 Å². The summed E-state index contributed by atoms with van der Waals surface area (Å²) in [7, 11) is 2.33. The lowest BCUT2D eigenvalue weighted by molar-refractivity contribution is 0.0188. The van der Waals surface area contributed by atoms with Gasteiger partial charge in [-0.2, -0.15) is 0 Å². The summed E-state index contributed by atoms with van der Waals surface area (Å²) in [5.74, 6) is 0. The van der Waals surface area contributed by atoms with Gasteiger partial charge in [-0.15, -0.1) is 0 Å². The first kappa shape index (κ1) is 14.3. The molecule has 2 aliphatic heterocycles. The lowest BCUT2D eigenvalue weighted by atomic mass is 9.74. The molecule has 2 rings (SSSR count). The van der Waals surface area contributed by atoms with Crippen LogP contribution in [-0.4, -0.2) is 50.8 Å². The average Bonchev–Trinajstić information content (AvgIpc) is 2.41. The maximum atomic E-state index is 5.48. The topological polar surface area (TPSA) is 24.5 Å². The summed E-state index contributed by atoms with van der Waals surface area (Å²) in [5, 5.41) is 3.51. The van der Waals surface area contributed by atoms with E-state index >= 15 is 0 Å². The van der Waals surface area contributed by atoms with Gasteiger partial charge in [0.2, 0.25) is 0 Å². The van der Waals surface area contributed by atoms with Crippen molar-refractivity contribution in [2.45, 2.75) is 51.5 Å². The molecule has 2 aliphatic rings. The van der Waals surface area contributed by atoms with Gasteiger partial charge < -0.3 is 15.0 Å². The number of rotatable bonds is 5. The van der Waals surface area contributed by atoms with Gasteiger partial charge in [-0.1, -0.05) is 13.3 Å². The van der Waals surface area contributed by atoms with Crippen molar-refractivity contribution in [3.8, 4) is 0 Å². The quantitative estimate of drug-likeness (QED) is 0.814. The molecule has 0 aromatic heterocycles. The van der Waals surface area contributed by atoms with Crippen LogP contribution in [0.1, 0.15) is 45.4 Å². The Hall–Kier alpha value is -0.120. The molecule has 0 bridgehead atoms. The molecular formula is C15H30N2O. The summed E-state index contributed by atoms with van der Waals surface area (Å²) in [6.07, 6.45) is 7.86. The number of nitrogens with one attached hydrogen (secondary N) is 1. The van der Waals surface area contributed by atoms with E-state index in [2.05, 4.69) is 24.2 Å². The second kappa shape index (κ2) is 6.88. The number of nitrogens with zero attached hydrogens (tertiary/aromatic N) is 1. The molecule has 0 amide bonds. The molecule has 2 fully saturated rings. The third-order valence-electron chi connectivity index (χ3n) is 4.84. The van der Waals surface area contributed by atoms with Crippen molar-refractivity contribution < 1.29 is 4.74 Å². The van der Waals surface area contributed by atoms with E-state index in [1.54, 1.807) is 0 Å². The fourth-order valence-corrected chi connectivity index (χ4v) is 3.76. The summed E-state index contributed by atoms with van der Waals surface area (Å²) < 4.78 is 5.48. The van der Waals surface area contributed by atoms with Gasteiger partial charge in [0, 0.05) is 25.8 Å². The molecule has 18 heavy (non-hydrogen) atoms. The van der Waals surface area contributed by atoms with E-state index in [1.807, 2.05) is 0 Å². The van der Waals surface area contributed by atoms with Crippen molar-refractivity contribution in [1.82, 2.24) is 10.2 Å². The Balaban J connectivity index is 1.90. The molecule has 0 saturated carbocycles. The van der Waals surface area contributed by atoms with Crippen LogP contribution in [0.25, 0.3) is 0 Å². The van der Waals surface area contributed by atoms with Gasteiger partial charge >= 0.3 is 0 Å². The van der Waals surface area contributed by atoms with E-state index in [0.717, 1.165) is 19.3 Å². The normalized spacial score (nSPS) is 25.5. The molecule has 1 N–H and O–H groups in total. The van der Waals surface area contributed by atoms with Crippen LogP contribution in [0.3, 0.4) is 0 Å². The maximum absolute atomic E-state index is 5.48. The Kier molecular flexibility index (Phi) is 5.46. The third kappa shape index (κ3) is 3.69. The number of hydrogen-bond acceptors (Lipinski definition) is 3. The fraction of sp³-hybridized carbons (Fsp3) is 1.00. The van der Waals surface area contributed by atoms with E-state index in [0.29, 0.717) is 5.41 Å². The van der Waals surface area contributed by atoms with Crippen LogP contribution in [0.15, 0.2) is 0 Å². The maximum Gasteiger partial charge on any atom is 0.0480 e. The van der Waals surface area contributed by atoms with Crippen molar-refractivity contribution in [2.24, 2.45) is 5.41 Å².